The molecule has 144 valence electrons. The lowest BCUT2D eigenvalue weighted by Crippen LogP contribution is -2.25. The Morgan fingerprint density at radius 2 is 1.52 bits per heavy atom. The van der Waals surface area contributed by atoms with Gasteiger partial charge < -0.3 is 4.74 Å². The highest BCUT2D eigenvalue weighted by atomic mass is 16.5. The molecule has 0 aromatic heterocycles. The summed E-state index contributed by atoms with van der Waals surface area (Å²) in [7, 11) is 0. The molecular weight excluding hydrogens is 308 g/mol. The topological polar surface area (TPSA) is 26.3 Å². The van der Waals surface area contributed by atoms with E-state index < -0.39 is 0 Å². The number of ether oxygens (including phenoxy) is 1. The lowest BCUT2D eigenvalue weighted by atomic mass is 9.68. The highest BCUT2D eigenvalue weighted by Gasteiger charge is 2.30. The Balaban J connectivity index is 1.62. The minimum atomic E-state index is -0.162. The normalized spacial score (nSPS) is 30.5. The van der Waals surface area contributed by atoms with Gasteiger partial charge >= 0.3 is 5.97 Å². The maximum atomic E-state index is 11.6. The lowest BCUT2D eigenvalue weighted by molar-refractivity contribution is -0.137. The van der Waals surface area contributed by atoms with Crippen LogP contribution in [0.25, 0.3) is 0 Å². The molecule has 0 unspecified atom stereocenters. The maximum absolute atomic E-state index is 11.6. The predicted molar refractivity (Wildman–Crippen MR) is 105 cm³/mol. The van der Waals surface area contributed by atoms with Gasteiger partial charge in [-0.15, -0.1) is 0 Å². The third-order valence-electron chi connectivity index (χ3n) is 6.54. The number of esters is 1. The van der Waals surface area contributed by atoms with Gasteiger partial charge in [0, 0.05) is 6.08 Å². The Morgan fingerprint density at radius 1 is 0.880 bits per heavy atom. The molecule has 2 saturated carbocycles. The van der Waals surface area contributed by atoms with Crippen LogP contribution < -0.4 is 0 Å². The van der Waals surface area contributed by atoms with E-state index >= 15 is 0 Å². The Hall–Kier alpha value is -0.790. The fourth-order valence-corrected chi connectivity index (χ4v) is 4.91. The van der Waals surface area contributed by atoms with E-state index in [1.54, 1.807) is 6.08 Å². The minimum Gasteiger partial charge on any atom is -0.463 e. The molecule has 0 amide bonds. The van der Waals surface area contributed by atoms with Gasteiger partial charge in [0.1, 0.15) is 0 Å². The van der Waals surface area contributed by atoms with Gasteiger partial charge in [-0.2, -0.15) is 0 Å². The first-order valence-electron chi connectivity index (χ1n) is 11.1. The quantitative estimate of drug-likeness (QED) is 0.263. The summed E-state index contributed by atoms with van der Waals surface area (Å²) in [6, 6.07) is 0. The standard InChI is InChI=1S/C23H40O2/c1-3-5-6-7-19-8-13-21(14-9-19)22-15-10-20(11-16-22)12-17-23(24)25-18-4-2/h12,17,19-22H,3-11,13-16,18H2,1-2H3. The summed E-state index contributed by atoms with van der Waals surface area (Å²) in [4.78, 5) is 11.6. The monoisotopic (exact) mass is 348 g/mol. The second-order valence-corrected chi connectivity index (χ2v) is 8.48. The molecule has 0 bridgehead atoms. The summed E-state index contributed by atoms with van der Waals surface area (Å²) in [6.45, 7) is 4.87. The van der Waals surface area contributed by atoms with E-state index in [1.807, 2.05) is 6.92 Å². The molecule has 0 N–H and O–H groups in total. The van der Waals surface area contributed by atoms with Crippen molar-refractivity contribution in [3.8, 4) is 0 Å². The van der Waals surface area contributed by atoms with Crippen molar-refractivity contribution in [2.24, 2.45) is 23.7 Å². The average Bonchev–Trinajstić information content (AvgIpc) is 2.66. The number of unbranched alkanes of at least 4 members (excludes halogenated alkanes) is 2. The first kappa shape index (κ1) is 20.5. The highest BCUT2D eigenvalue weighted by Crippen LogP contribution is 2.42. The van der Waals surface area contributed by atoms with Crippen molar-refractivity contribution in [2.45, 2.75) is 97.3 Å². The maximum Gasteiger partial charge on any atom is 0.330 e. The molecule has 25 heavy (non-hydrogen) atoms. The van der Waals surface area contributed by atoms with Crippen molar-refractivity contribution in [1.82, 2.24) is 0 Å². The highest BCUT2D eigenvalue weighted by molar-refractivity contribution is 5.81. The lowest BCUT2D eigenvalue weighted by Gasteiger charge is -2.37. The van der Waals surface area contributed by atoms with E-state index in [4.69, 9.17) is 4.74 Å². The van der Waals surface area contributed by atoms with Gasteiger partial charge in [-0.25, -0.2) is 4.79 Å². The van der Waals surface area contributed by atoms with Gasteiger partial charge in [0.25, 0.3) is 0 Å². The van der Waals surface area contributed by atoms with Crippen LogP contribution >= 0.6 is 0 Å². The first-order valence-corrected chi connectivity index (χ1v) is 11.1. The number of carbonyl (C=O) groups is 1. The third-order valence-corrected chi connectivity index (χ3v) is 6.54. The third kappa shape index (κ3) is 7.54. The van der Waals surface area contributed by atoms with Gasteiger partial charge in [0.15, 0.2) is 0 Å². The second kappa shape index (κ2) is 11.8. The van der Waals surface area contributed by atoms with Gasteiger partial charge in [0.05, 0.1) is 6.61 Å². The molecule has 0 spiro atoms. The van der Waals surface area contributed by atoms with Crippen LogP contribution in [0.3, 0.4) is 0 Å². The van der Waals surface area contributed by atoms with E-state index in [0.717, 1.165) is 24.2 Å². The summed E-state index contributed by atoms with van der Waals surface area (Å²) < 4.78 is 5.12. The molecule has 0 aromatic rings. The summed E-state index contributed by atoms with van der Waals surface area (Å²) >= 11 is 0. The smallest absolute Gasteiger partial charge is 0.330 e. The van der Waals surface area contributed by atoms with Gasteiger partial charge in [-0.1, -0.05) is 58.4 Å². The molecule has 0 aliphatic heterocycles. The zero-order chi connectivity index (χ0) is 17.9. The molecule has 0 atom stereocenters. The van der Waals surface area contributed by atoms with Crippen molar-refractivity contribution in [3.63, 3.8) is 0 Å². The van der Waals surface area contributed by atoms with E-state index in [0.29, 0.717) is 12.5 Å². The molecule has 0 radical (unpaired) electrons. The van der Waals surface area contributed by atoms with Crippen LogP contribution in [-0.4, -0.2) is 12.6 Å². The van der Waals surface area contributed by atoms with Crippen molar-refractivity contribution < 1.29 is 9.53 Å². The molecule has 0 heterocycles. The zero-order valence-electron chi connectivity index (χ0n) is 16.7. The van der Waals surface area contributed by atoms with Crippen LogP contribution in [0.15, 0.2) is 12.2 Å². The van der Waals surface area contributed by atoms with E-state index in [-0.39, 0.29) is 5.97 Å². The molecule has 2 aliphatic rings. The molecule has 2 nitrogen and oxygen atoms in total. The Bertz CT molecular complexity index is 385. The Morgan fingerprint density at radius 3 is 2.12 bits per heavy atom. The van der Waals surface area contributed by atoms with Crippen LogP contribution in [0.2, 0.25) is 0 Å². The number of rotatable bonds is 9. The Labute approximate surface area is 155 Å². The van der Waals surface area contributed by atoms with Crippen LogP contribution in [0.4, 0.5) is 0 Å². The first-order chi connectivity index (χ1) is 12.2. The predicted octanol–water partition coefficient (Wildman–Crippen LogP) is 6.69. The number of carbonyl (C=O) groups excluding carboxylic acids is 1. The van der Waals surface area contributed by atoms with Crippen LogP contribution in [0.5, 0.6) is 0 Å². The van der Waals surface area contributed by atoms with Crippen LogP contribution in [-0.2, 0) is 9.53 Å². The van der Waals surface area contributed by atoms with E-state index in [9.17, 15) is 4.79 Å². The van der Waals surface area contributed by atoms with Gasteiger partial charge in [-0.05, 0) is 68.6 Å². The van der Waals surface area contributed by atoms with Crippen molar-refractivity contribution >= 4 is 5.97 Å². The summed E-state index contributed by atoms with van der Waals surface area (Å²) in [5, 5.41) is 0. The van der Waals surface area contributed by atoms with Gasteiger partial charge in [-0.3, -0.25) is 0 Å². The van der Waals surface area contributed by atoms with Crippen molar-refractivity contribution in [1.29, 1.82) is 0 Å². The fraction of sp³-hybridized carbons (Fsp3) is 0.870. The Kier molecular flexibility index (Phi) is 9.65. The largest absolute Gasteiger partial charge is 0.463 e. The van der Waals surface area contributed by atoms with Gasteiger partial charge in [0.2, 0.25) is 0 Å². The van der Waals surface area contributed by atoms with E-state index in [2.05, 4.69) is 13.0 Å². The van der Waals surface area contributed by atoms with E-state index in [1.165, 1.54) is 77.0 Å². The molecule has 2 heteroatoms. The number of hydrogen-bond donors (Lipinski definition) is 0. The number of allylic oxidation sites excluding steroid dienone is 1. The molecule has 0 saturated heterocycles. The van der Waals surface area contributed by atoms with Crippen molar-refractivity contribution in [3.05, 3.63) is 12.2 Å². The second-order valence-electron chi connectivity index (χ2n) is 8.48. The zero-order valence-corrected chi connectivity index (χ0v) is 16.7. The summed E-state index contributed by atoms with van der Waals surface area (Å²) in [6.07, 6.45) is 21.5. The number of hydrogen-bond acceptors (Lipinski definition) is 2. The van der Waals surface area contributed by atoms with Crippen LogP contribution in [0.1, 0.15) is 97.3 Å². The SMILES string of the molecule is CCCCCC1CCC(C2CCC(C=CC(=O)OCCC)CC2)CC1. The summed E-state index contributed by atoms with van der Waals surface area (Å²) in [5.41, 5.74) is 0. The van der Waals surface area contributed by atoms with Crippen molar-refractivity contribution in [2.75, 3.05) is 6.61 Å². The molecule has 0 aromatic carbocycles. The summed E-state index contributed by atoms with van der Waals surface area (Å²) in [5.74, 6) is 3.40. The molecule has 2 aliphatic carbocycles. The minimum absolute atomic E-state index is 0.162. The average molecular weight is 349 g/mol. The molecule has 2 rings (SSSR count). The molecule has 2 fully saturated rings. The molecular formula is C23H40O2. The van der Waals surface area contributed by atoms with Crippen LogP contribution in [0, 0.1) is 23.7 Å². The fourth-order valence-electron chi connectivity index (χ4n) is 4.91.